The number of nitrogens with zero attached hydrogens (tertiary/aromatic N) is 2. The second-order valence-electron chi connectivity index (χ2n) is 6.58. The molecular formula is C21H27ClN4O2. The number of rotatable bonds is 8. The summed E-state index contributed by atoms with van der Waals surface area (Å²) in [6.07, 6.45) is 5.15. The molecule has 0 aliphatic rings. The van der Waals surface area contributed by atoms with Crippen molar-refractivity contribution in [1.29, 1.82) is 0 Å². The molecule has 0 radical (unpaired) electrons. The van der Waals surface area contributed by atoms with E-state index in [1.807, 2.05) is 26.8 Å². The second kappa shape index (κ2) is 10.1. The minimum atomic E-state index is -0.298. The minimum absolute atomic E-state index is 0.171. The molecule has 150 valence electrons. The molecule has 28 heavy (non-hydrogen) atoms. The summed E-state index contributed by atoms with van der Waals surface area (Å²) in [6, 6.07) is 5.22. The summed E-state index contributed by atoms with van der Waals surface area (Å²) in [5.74, 6) is -0.469. The van der Waals surface area contributed by atoms with Gasteiger partial charge in [-0.2, -0.15) is 5.10 Å². The van der Waals surface area contributed by atoms with E-state index in [9.17, 15) is 9.59 Å². The van der Waals surface area contributed by atoms with E-state index in [2.05, 4.69) is 22.7 Å². The Morgan fingerprint density at radius 1 is 1.25 bits per heavy atom. The quantitative estimate of drug-likeness (QED) is 0.644. The average Bonchev–Trinajstić information content (AvgIpc) is 2.93. The maximum Gasteiger partial charge on any atom is 0.251 e. The number of carbonyl (C=O) groups is 2. The average molecular weight is 403 g/mol. The summed E-state index contributed by atoms with van der Waals surface area (Å²) in [5, 5.41) is 10.5. The number of unbranched alkanes of at least 4 members (excludes halogenated alkanes) is 1. The molecule has 0 aliphatic heterocycles. The molecule has 6 nitrogen and oxygen atoms in total. The number of nitrogens with one attached hydrogen (secondary N) is 2. The molecule has 0 fully saturated rings. The summed E-state index contributed by atoms with van der Waals surface area (Å²) in [5.41, 5.74) is 3.49. The third-order valence-electron chi connectivity index (χ3n) is 4.33. The first-order chi connectivity index (χ1) is 13.4. The highest BCUT2D eigenvalue weighted by atomic mass is 35.5. The molecule has 7 heteroatoms. The lowest BCUT2D eigenvalue weighted by Gasteiger charge is -2.09. The topological polar surface area (TPSA) is 76.0 Å². The lowest BCUT2D eigenvalue weighted by molar-refractivity contribution is -0.111. The van der Waals surface area contributed by atoms with Crippen molar-refractivity contribution in [1.82, 2.24) is 15.1 Å². The van der Waals surface area contributed by atoms with Crippen molar-refractivity contribution in [2.75, 3.05) is 11.9 Å². The van der Waals surface area contributed by atoms with Crippen LogP contribution in [0.25, 0.3) is 6.08 Å². The fourth-order valence-electron chi connectivity index (χ4n) is 2.71. The van der Waals surface area contributed by atoms with Gasteiger partial charge in [-0.15, -0.1) is 0 Å². The molecule has 0 saturated heterocycles. The summed E-state index contributed by atoms with van der Waals surface area (Å²) in [4.78, 5) is 24.4. The summed E-state index contributed by atoms with van der Waals surface area (Å²) in [7, 11) is 0. The zero-order valence-corrected chi connectivity index (χ0v) is 17.6. The number of halogens is 1. The van der Waals surface area contributed by atoms with Gasteiger partial charge >= 0.3 is 0 Å². The lowest BCUT2D eigenvalue weighted by Crippen LogP contribution is -2.23. The van der Waals surface area contributed by atoms with Gasteiger partial charge in [0, 0.05) is 36.0 Å². The van der Waals surface area contributed by atoms with E-state index in [-0.39, 0.29) is 11.8 Å². The van der Waals surface area contributed by atoms with Gasteiger partial charge in [-0.3, -0.25) is 14.3 Å². The third-order valence-corrected chi connectivity index (χ3v) is 4.73. The first-order valence-corrected chi connectivity index (χ1v) is 9.86. The molecule has 2 aromatic rings. The Balaban J connectivity index is 2.13. The van der Waals surface area contributed by atoms with Gasteiger partial charge in [0.1, 0.15) is 5.15 Å². The monoisotopic (exact) mass is 402 g/mol. The number of aryl methyl sites for hydroxylation is 3. The Hall–Kier alpha value is -2.60. The van der Waals surface area contributed by atoms with Crippen molar-refractivity contribution >= 4 is 35.2 Å². The smallest absolute Gasteiger partial charge is 0.251 e. The minimum Gasteiger partial charge on any atom is -0.352 e. The normalized spacial score (nSPS) is 11.0. The zero-order chi connectivity index (χ0) is 20.7. The number of hydrogen-bond donors (Lipinski definition) is 2. The van der Waals surface area contributed by atoms with E-state index in [4.69, 9.17) is 11.6 Å². The lowest BCUT2D eigenvalue weighted by atomic mass is 10.1. The van der Waals surface area contributed by atoms with Crippen LogP contribution in [-0.4, -0.2) is 28.1 Å². The van der Waals surface area contributed by atoms with Gasteiger partial charge in [0.05, 0.1) is 5.69 Å². The van der Waals surface area contributed by atoms with Crippen molar-refractivity contribution in [3.05, 3.63) is 51.8 Å². The maximum absolute atomic E-state index is 12.4. The van der Waals surface area contributed by atoms with Crippen LogP contribution in [0.3, 0.4) is 0 Å². The number of amides is 2. The number of hydrogen-bond acceptors (Lipinski definition) is 3. The Labute approximate surface area is 171 Å². The van der Waals surface area contributed by atoms with Crippen LogP contribution >= 0.6 is 11.6 Å². The Morgan fingerprint density at radius 3 is 2.68 bits per heavy atom. The van der Waals surface area contributed by atoms with E-state index in [1.54, 1.807) is 22.9 Å². The fraction of sp³-hybridized carbons (Fsp3) is 0.381. The highest BCUT2D eigenvalue weighted by Gasteiger charge is 2.12. The standard InChI is InChI=1S/C21H27ClN4O2/c1-5-7-12-26-20(22)17(15(4)25-26)10-11-19(27)24-18-13-16(9-8-14(18)3)21(28)23-6-2/h8-11,13H,5-7,12H2,1-4H3,(H,23,28)(H,24,27)/b11-10+. The first-order valence-electron chi connectivity index (χ1n) is 9.48. The van der Waals surface area contributed by atoms with Crippen LogP contribution in [0.4, 0.5) is 5.69 Å². The zero-order valence-electron chi connectivity index (χ0n) is 16.8. The van der Waals surface area contributed by atoms with E-state index in [1.165, 1.54) is 6.08 Å². The molecular weight excluding hydrogens is 376 g/mol. The van der Waals surface area contributed by atoms with Crippen molar-refractivity contribution in [3.8, 4) is 0 Å². The van der Waals surface area contributed by atoms with Crippen LogP contribution in [0.5, 0.6) is 0 Å². The molecule has 0 bridgehead atoms. The molecule has 1 heterocycles. The molecule has 2 rings (SSSR count). The molecule has 2 amide bonds. The largest absolute Gasteiger partial charge is 0.352 e. The predicted molar refractivity (Wildman–Crippen MR) is 114 cm³/mol. The molecule has 1 aromatic carbocycles. The Bertz CT molecular complexity index is 887. The van der Waals surface area contributed by atoms with E-state index in [0.29, 0.717) is 22.9 Å². The van der Waals surface area contributed by atoms with Gasteiger partial charge in [0.25, 0.3) is 5.91 Å². The molecule has 0 spiro atoms. The molecule has 0 atom stereocenters. The van der Waals surface area contributed by atoms with Gasteiger partial charge in [-0.25, -0.2) is 0 Å². The summed E-state index contributed by atoms with van der Waals surface area (Å²) < 4.78 is 1.76. The van der Waals surface area contributed by atoms with Gasteiger partial charge in [0.15, 0.2) is 0 Å². The SMILES string of the molecule is CCCCn1nc(C)c(/C=C/C(=O)Nc2cc(C(=O)NCC)ccc2C)c1Cl. The third kappa shape index (κ3) is 5.45. The van der Waals surface area contributed by atoms with Crippen LogP contribution in [0.1, 0.15) is 53.9 Å². The molecule has 1 aromatic heterocycles. The molecule has 0 aliphatic carbocycles. The van der Waals surface area contributed by atoms with Gasteiger partial charge in [-0.05, 0) is 51.0 Å². The molecule has 0 unspecified atom stereocenters. The first kappa shape index (κ1) is 21.7. The van der Waals surface area contributed by atoms with Gasteiger partial charge in [0.2, 0.25) is 5.91 Å². The number of anilines is 1. The maximum atomic E-state index is 12.4. The van der Waals surface area contributed by atoms with Gasteiger partial charge < -0.3 is 10.6 Å². The van der Waals surface area contributed by atoms with Crippen molar-refractivity contribution in [2.24, 2.45) is 0 Å². The van der Waals surface area contributed by atoms with Gasteiger partial charge in [-0.1, -0.05) is 31.0 Å². The molecule has 0 saturated carbocycles. The fourth-order valence-corrected chi connectivity index (χ4v) is 3.03. The van der Waals surface area contributed by atoms with E-state index in [0.717, 1.165) is 36.2 Å². The van der Waals surface area contributed by atoms with Crippen molar-refractivity contribution in [3.63, 3.8) is 0 Å². The summed E-state index contributed by atoms with van der Waals surface area (Å²) >= 11 is 6.39. The van der Waals surface area contributed by atoms with Crippen LogP contribution in [0, 0.1) is 13.8 Å². The highest BCUT2D eigenvalue weighted by molar-refractivity contribution is 6.31. The number of aromatic nitrogens is 2. The Morgan fingerprint density at radius 2 is 2.00 bits per heavy atom. The summed E-state index contributed by atoms with van der Waals surface area (Å²) in [6.45, 7) is 9.01. The van der Waals surface area contributed by atoms with Crippen LogP contribution < -0.4 is 10.6 Å². The number of carbonyl (C=O) groups excluding carboxylic acids is 2. The van der Waals surface area contributed by atoms with Crippen LogP contribution in [0.2, 0.25) is 5.15 Å². The Kier molecular flexibility index (Phi) is 7.81. The second-order valence-corrected chi connectivity index (χ2v) is 6.94. The predicted octanol–water partition coefficient (Wildman–Crippen LogP) is 4.36. The number of benzene rings is 1. The van der Waals surface area contributed by atoms with E-state index < -0.39 is 0 Å². The van der Waals surface area contributed by atoms with Crippen LogP contribution in [-0.2, 0) is 11.3 Å². The van der Waals surface area contributed by atoms with Crippen molar-refractivity contribution < 1.29 is 9.59 Å². The van der Waals surface area contributed by atoms with Crippen molar-refractivity contribution in [2.45, 2.75) is 47.1 Å². The van der Waals surface area contributed by atoms with Crippen LogP contribution in [0.15, 0.2) is 24.3 Å². The van der Waals surface area contributed by atoms with E-state index >= 15 is 0 Å². The molecule has 2 N–H and O–H groups in total. The highest BCUT2D eigenvalue weighted by Crippen LogP contribution is 2.22.